The third kappa shape index (κ3) is 3.35. The predicted octanol–water partition coefficient (Wildman–Crippen LogP) is 2.74. The third-order valence-electron chi connectivity index (χ3n) is 2.57. The van der Waals surface area contributed by atoms with E-state index in [4.69, 9.17) is 0 Å². The summed E-state index contributed by atoms with van der Waals surface area (Å²) < 4.78 is 0. The highest BCUT2D eigenvalue weighted by Crippen LogP contribution is 2.23. The second-order valence-corrected chi connectivity index (χ2v) is 5.18. The normalized spacial score (nSPS) is 12.6. The Labute approximate surface area is 106 Å². The zero-order valence-corrected chi connectivity index (χ0v) is 11.0. The van der Waals surface area contributed by atoms with Gasteiger partial charge in [0, 0.05) is 35.4 Å². The van der Waals surface area contributed by atoms with Gasteiger partial charge in [-0.2, -0.15) is 0 Å². The van der Waals surface area contributed by atoms with Gasteiger partial charge >= 0.3 is 0 Å². The summed E-state index contributed by atoms with van der Waals surface area (Å²) in [6.45, 7) is 5.12. The summed E-state index contributed by atoms with van der Waals surface area (Å²) in [5, 5.41) is 4.61. The van der Waals surface area contributed by atoms with E-state index >= 15 is 0 Å². The lowest BCUT2D eigenvalue weighted by Crippen LogP contribution is -2.22. The molecule has 2 aromatic heterocycles. The van der Waals surface area contributed by atoms with Gasteiger partial charge in [-0.3, -0.25) is 4.98 Å². The van der Waals surface area contributed by atoms with Crippen molar-refractivity contribution in [3.05, 3.63) is 46.2 Å². The maximum atomic E-state index is 4.38. The van der Waals surface area contributed by atoms with Crippen molar-refractivity contribution in [2.24, 2.45) is 0 Å². The van der Waals surface area contributed by atoms with Crippen LogP contribution in [0, 0.1) is 6.92 Å². The lowest BCUT2D eigenvalue weighted by atomic mass is 10.1. The Kier molecular flexibility index (Phi) is 4.23. The molecule has 17 heavy (non-hydrogen) atoms. The van der Waals surface area contributed by atoms with E-state index < -0.39 is 0 Å². The van der Waals surface area contributed by atoms with Crippen molar-refractivity contribution in [3.63, 3.8) is 0 Å². The Hall–Kier alpha value is -1.26. The zero-order valence-electron chi connectivity index (χ0n) is 10.2. The molecule has 2 heterocycles. The molecule has 3 nitrogen and oxygen atoms in total. The molecule has 1 atom stereocenters. The van der Waals surface area contributed by atoms with Crippen LogP contribution in [0.25, 0.3) is 0 Å². The molecule has 2 aromatic rings. The minimum atomic E-state index is 0.320. The van der Waals surface area contributed by atoms with Gasteiger partial charge in [-0.15, -0.1) is 11.3 Å². The highest BCUT2D eigenvalue weighted by atomic mass is 32.1. The molecular formula is C13H17N3S. The zero-order chi connectivity index (χ0) is 12.1. The molecule has 0 aliphatic rings. The number of aromatic nitrogens is 2. The van der Waals surface area contributed by atoms with Crippen LogP contribution in [0.1, 0.15) is 28.5 Å². The van der Waals surface area contributed by atoms with E-state index in [-0.39, 0.29) is 0 Å². The van der Waals surface area contributed by atoms with Gasteiger partial charge in [0.05, 0.1) is 5.01 Å². The Morgan fingerprint density at radius 2 is 2.24 bits per heavy atom. The molecule has 0 saturated heterocycles. The number of nitrogens with zero attached hydrogens (tertiary/aromatic N) is 2. The van der Waals surface area contributed by atoms with Crippen LogP contribution in [-0.2, 0) is 6.42 Å². The topological polar surface area (TPSA) is 37.8 Å². The second-order valence-electron chi connectivity index (χ2n) is 3.92. The minimum absolute atomic E-state index is 0.320. The average Bonchev–Trinajstić information content (AvgIpc) is 2.77. The summed E-state index contributed by atoms with van der Waals surface area (Å²) in [4.78, 5) is 9.98. The molecule has 1 unspecified atom stereocenters. The monoisotopic (exact) mass is 247 g/mol. The maximum absolute atomic E-state index is 4.38. The molecule has 0 amide bonds. The molecule has 0 spiro atoms. The molecule has 0 bridgehead atoms. The van der Waals surface area contributed by atoms with Gasteiger partial charge in [-0.05, 0) is 25.6 Å². The molecule has 0 saturated carbocycles. The van der Waals surface area contributed by atoms with Gasteiger partial charge in [0.15, 0.2) is 0 Å². The third-order valence-corrected chi connectivity index (χ3v) is 3.60. The van der Waals surface area contributed by atoms with E-state index in [1.54, 1.807) is 11.3 Å². The number of nitrogens with one attached hydrogen (secondary N) is 1. The lowest BCUT2D eigenvalue weighted by Gasteiger charge is -2.15. The summed E-state index contributed by atoms with van der Waals surface area (Å²) in [5.41, 5.74) is 1.12. The van der Waals surface area contributed by atoms with Crippen molar-refractivity contribution < 1.29 is 0 Å². The first-order valence-corrected chi connectivity index (χ1v) is 6.67. The van der Waals surface area contributed by atoms with Crippen LogP contribution in [0.2, 0.25) is 0 Å². The smallest absolute Gasteiger partial charge is 0.0897 e. The fraction of sp³-hybridized carbons (Fsp3) is 0.385. The number of hydrogen-bond donors (Lipinski definition) is 1. The Morgan fingerprint density at radius 1 is 1.35 bits per heavy atom. The molecule has 1 N–H and O–H groups in total. The van der Waals surface area contributed by atoms with E-state index in [2.05, 4.69) is 28.3 Å². The first-order chi connectivity index (χ1) is 8.29. The number of aryl methyl sites for hydroxylation is 1. The molecule has 0 fully saturated rings. The summed E-state index contributed by atoms with van der Waals surface area (Å²) in [7, 11) is 0. The minimum Gasteiger partial charge on any atom is -0.309 e. The molecule has 0 aliphatic heterocycles. The Bertz CT molecular complexity index is 453. The first-order valence-electron chi connectivity index (χ1n) is 5.85. The summed E-state index contributed by atoms with van der Waals surface area (Å²) >= 11 is 1.75. The van der Waals surface area contributed by atoms with E-state index in [1.807, 2.05) is 31.5 Å². The quantitative estimate of drug-likeness (QED) is 0.883. The van der Waals surface area contributed by atoms with Gasteiger partial charge < -0.3 is 5.32 Å². The Balaban J connectivity index is 2.13. The molecule has 0 aromatic carbocycles. The van der Waals surface area contributed by atoms with Crippen molar-refractivity contribution in [2.45, 2.75) is 26.3 Å². The van der Waals surface area contributed by atoms with Crippen LogP contribution in [-0.4, -0.2) is 16.5 Å². The van der Waals surface area contributed by atoms with Crippen molar-refractivity contribution in [1.82, 2.24) is 15.3 Å². The number of thiazole rings is 1. The lowest BCUT2D eigenvalue weighted by molar-refractivity contribution is 0.551. The van der Waals surface area contributed by atoms with Gasteiger partial charge in [0.2, 0.25) is 0 Å². The average molecular weight is 247 g/mol. The molecular weight excluding hydrogens is 230 g/mol. The van der Waals surface area contributed by atoms with E-state index in [0.29, 0.717) is 6.04 Å². The van der Waals surface area contributed by atoms with Crippen molar-refractivity contribution in [2.75, 3.05) is 6.54 Å². The standard InChI is InChI=1S/C13H17N3S/c1-3-14-12(13-9-16-10(2)17-13)8-11-6-4-5-7-15-11/h4-7,9,12,14H,3,8H2,1-2H3. The van der Waals surface area contributed by atoms with Gasteiger partial charge in [0.1, 0.15) is 0 Å². The summed E-state index contributed by atoms with van der Waals surface area (Å²) in [6, 6.07) is 6.37. The highest BCUT2D eigenvalue weighted by molar-refractivity contribution is 7.11. The van der Waals surface area contributed by atoms with Crippen LogP contribution in [0.15, 0.2) is 30.6 Å². The summed E-state index contributed by atoms with van der Waals surface area (Å²) in [6.07, 6.45) is 4.73. The predicted molar refractivity (Wildman–Crippen MR) is 71.2 cm³/mol. The number of rotatable bonds is 5. The van der Waals surface area contributed by atoms with Crippen molar-refractivity contribution in [3.8, 4) is 0 Å². The number of likely N-dealkylation sites (N-methyl/N-ethyl adjacent to an activating group) is 1. The second kappa shape index (κ2) is 5.89. The van der Waals surface area contributed by atoms with Crippen molar-refractivity contribution in [1.29, 1.82) is 0 Å². The van der Waals surface area contributed by atoms with Crippen molar-refractivity contribution >= 4 is 11.3 Å². The number of pyridine rings is 1. The fourth-order valence-corrected chi connectivity index (χ4v) is 2.65. The van der Waals surface area contributed by atoms with Crippen LogP contribution < -0.4 is 5.32 Å². The Morgan fingerprint density at radius 3 is 2.82 bits per heavy atom. The van der Waals surface area contributed by atoms with E-state index in [1.165, 1.54) is 4.88 Å². The SMILES string of the molecule is CCNC(Cc1ccccn1)c1cnc(C)s1. The first kappa shape index (κ1) is 12.2. The molecule has 90 valence electrons. The highest BCUT2D eigenvalue weighted by Gasteiger charge is 2.14. The van der Waals surface area contributed by atoms with E-state index in [0.717, 1.165) is 23.7 Å². The van der Waals surface area contributed by atoms with Crippen LogP contribution in [0.4, 0.5) is 0 Å². The van der Waals surface area contributed by atoms with Crippen LogP contribution >= 0.6 is 11.3 Å². The molecule has 0 aliphatic carbocycles. The molecule has 4 heteroatoms. The van der Waals surface area contributed by atoms with Gasteiger partial charge in [0.25, 0.3) is 0 Å². The van der Waals surface area contributed by atoms with E-state index in [9.17, 15) is 0 Å². The van der Waals surface area contributed by atoms with Gasteiger partial charge in [-0.1, -0.05) is 13.0 Å². The van der Waals surface area contributed by atoms with Crippen LogP contribution in [0.3, 0.4) is 0 Å². The largest absolute Gasteiger partial charge is 0.309 e. The maximum Gasteiger partial charge on any atom is 0.0897 e. The van der Waals surface area contributed by atoms with Gasteiger partial charge in [-0.25, -0.2) is 4.98 Å². The molecule has 0 radical (unpaired) electrons. The number of hydrogen-bond acceptors (Lipinski definition) is 4. The fourth-order valence-electron chi connectivity index (χ4n) is 1.79. The summed E-state index contributed by atoms with van der Waals surface area (Å²) in [5.74, 6) is 0. The van der Waals surface area contributed by atoms with Crippen LogP contribution in [0.5, 0.6) is 0 Å². The molecule has 2 rings (SSSR count).